The molecule has 0 aliphatic heterocycles. The van der Waals surface area contributed by atoms with Crippen molar-refractivity contribution < 1.29 is 9.53 Å². The van der Waals surface area contributed by atoms with Gasteiger partial charge in [-0.05, 0) is 32.1 Å². The molecular weight excluding hydrogens is 264 g/mol. The highest BCUT2D eigenvalue weighted by molar-refractivity contribution is 6.33. The number of halogens is 1. The molecule has 0 heterocycles. The van der Waals surface area contributed by atoms with E-state index in [9.17, 15) is 4.79 Å². The highest BCUT2D eigenvalue weighted by Crippen LogP contribution is 2.20. The molecule has 1 amide bonds. The highest BCUT2D eigenvalue weighted by atomic mass is 35.5. The Kier molecular flexibility index (Phi) is 6.67. The lowest BCUT2D eigenvalue weighted by atomic mass is 10.3. The number of amides is 1. The van der Waals surface area contributed by atoms with Gasteiger partial charge in [-0.2, -0.15) is 0 Å². The third kappa shape index (κ3) is 5.49. The summed E-state index contributed by atoms with van der Waals surface area (Å²) in [5, 5.41) is 3.13. The van der Waals surface area contributed by atoms with Gasteiger partial charge in [-0.25, -0.2) is 4.79 Å². The number of rotatable bonds is 6. The normalized spacial score (nSPS) is 12.3. The standard InChI is InChI=1S/C14H21ClN2O2/c1-4-17(5-2)10-11(3)19-14(18)16-13-9-7-6-8-12(13)15/h6-9,11H,4-5,10H2,1-3H3,(H,16,18)/t11-/m0/s1. The van der Waals surface area contributed by atoms with E-state index in [0.29, 0.717) is 10.7 Å². The molecule has 0 aliphatic carbocycles. The first kappa shape index (κ1) is 15.8. The van der Waals surface area contributed by atoms with Crippen molar-refractivity contribution in [3.05, 3.63) is 29.3 Å². The van der Waals surface area contributed by atoms with Crippen molar-refractivity contribution >= 4 is 23.4 Å². The van der Waals surface area contributed by atoms with E-state index in [1.807, 2.05) is 13.0 Å². The van der Waals surface area contributed by atoms with Gasteiger partial charge in [0.1, 0.15) is 6.10 Å². The van der Waals surface area contributed by atoms with Gasteiger partial charge in [0, 0.05) is 6.54 Å². The number of carbonyl (C=O) groups excluding carboxylic acids is 1. The van der Waals surface area contributed by atoms with Gasteiger partial charge in [-0.15, -0.1) is 0 Å². The Bertz CT molecular complexity index is 408. The summed E-state index contributed by atoms with van der Waals surface area (Å²) in [6.45, 7) is 8.65. The molecule has 5 heteroatoms. The van der Waals surface area contributed by atoms with Crippen molar-refractivity contribution in [2.45, 2.75) is 26.9 Å². The van der Waals surface area contributed by atoms with Crippen LogP contribution in [0.2, 0.25) is 5.02 Å². The molecule has 19 heavy (non-hydrogen) atoms. The van der Waals surface area contributed by atoms with Gasteiger partial charge < -0.3 is 9.64 Å². The van der Waals surface area contributed by atoms with Crippen LogP contribution < -0.4 is 5.32 Å². The fourth-order valence-electron chi connectivity index (χ4n) is 1.77. The molecule has 0 fully saturated rings. The van der Waals surface area contributed by atoms with Gasteiger partial charge in [0.2, 0.25) is 0 Å². The van der Waals surface area contributed by atoms with Gasteiger partial charge >= 0.3 is 6.09 Å². The third-order valence-corrected chi connectivity index (χ3v) is 3.16. The molecule has 4 nitrogen and oxygen atoms in total. The smallest absolute Gasteiger partial charge is 0.411 e. The second kappa shape index (κ2) is 8.02. The first-order chi connectivity index (χ1) is 9.06. The van der Waals surface area contributed by atoms with Gasteiger partial charge in [0.25, 0.3) is 0 Å². The number of anilines is 1. The summed E-state index contributed by atoms with van der Waals surface area (Å²) in [4.78, 5) is 13.9. The molecule has 0 unspecified atom stereocenters. The molecule has 1 rings (SSSR count). The predicted molar refractivity (Wildman–Crippen MR) is 78.8 cm³/mol. The first-order valence-electron chi connectivity index (χ1n) is 6.51. The number of para-hydroxylation sites is 1. The van der Waals surface area contributed by atoms with E-state index in [1.165, 1.54) is 0 Å². The van der Waals surface area contributed by atoms with Gasteiger partial charge in [-0.1, -0.05) is 37.6 Å². The Morgan fingerprint density at radius 2 is 2.00 bits per heavy atom. The van der Waals surface area contributed by atoms with E-state index in [2.05, 4.69) is 24.1 Å². The van der Waals surface area contributed by atoms with Crippen LogP contribution in [-0.2, 0) is 4.74 Å². The summed E-state index contributed by atoms with van der Waals surface area (Å²) in [7, 11) is 0. The maximum Gasteiger partial charge on any atom is 0.411 e. The Morgan fingerprint density at radius 1 is 1.37 bits per heavy atom. The van der Waals surface area contributed by atoms with E-state index in [1.54, 1.807) is 18.2 Å². The summed E-state index contributed by atoms with van der Waals surface area (Å²) in [5.74, 6) is 0. The fraction of sp³-hybridized carbons (Fsp3) is 0.500. The van der Waals surface area contributed by atoms with Crippen molar-refractivity contribution in [2.75, 3.05) is 25.0 Å². The Morgan fingerprint density at radius 3 is 2.58 bits per heavy atom. The molecule has 1 aromatic carbocycles. The van der Waals surface area contributed by atoms with Crippen LogP contribution in [0, 0.1) is 0 Å². The van der Waals surface area contributed by atoms with Crippen LogP contribution in [-0.4, -0.2) is 36.7 Å². The summed E-state index contributed by atoms with van der Waals surface area (Å²) in [6, 6.07) is 7.07. The summed E-state index contributed by atoms with van der Waals surface area (Å²) in [6.07, 6.45) is -0.643. The lowest BCUT2D eigenvalue weighted by molar-refractivity contribution is 0.0929. The molecule has 1 N–H and O–H groups in total. The molecule has 0 saturated carbocycles. The van der Waals surface area contributed by atoms with Crippen LogP contribution in [0.4, 0.5) is 10.5 Å². The number of benzene rings is 1. The molecular formula is C14H21ClN2O2. The molecule has 0 aromatic heterocycles. The van der Waals surface area contributed by atoms with Crippen LogP contribution >= 0.6 is 11.6 Å². The number of nitrogens with one attached hydrogen (secondary N) is 1. The Labute approximate surface area is 119 Å². The van der Waals surface area contributed by atoms with E-state index in [4.69, 9.17) is 16.3 Å². The summed E-state index contributed by atoms with van der Waals surface area (Å²) < 4.78 is 5.29. The molecule has 0 saturated heterocycles. The van der Waals surface area contributed by atoms with Crippen LogP contribution in [0.25, 0.3) is 0 Å². The minimum absolute atomic E-state index is 0.164. The summed E-state index contributed by atoms with van der Waals surface area (Å²) in [5.41, 5.74) is 0.559. The molecule has 0 bridgehead atoms. The first-order valence-corrected chi connectivity index (χ1v) is 6.89. The second-order valence-electron chi connectivity index (χ2n) is 4.31. The van der Waals surface area contributed by atoms with Crippen molar-refractivity contribution in [2.24, 2.45) is 0 Å². The largest absolute Gasteiger partial charge is 0.445 e. The minimum Gasteiger partial charge on any atom is -0.445 e. The number of likely N-dealkylation sites (N-methyl/N-ethyl adjacent to an activating group) is 1. The van der Waals surface area contributed by atoms with E-state index in [-0.39, 0.29) is 6.10 Å². The molecule has 0 spiro atoms. The predicted octanol–water partition coefficient (Wildman–Crippen LogP) is 3.62. The average Bonchev–Trinajstić information content (AvgIpc) is 2.38. The third-order valence-electron chi connectivity index (χ3n) is 2.83. The van der Waals surface area contributed by atoms with E-state index in [0.717, 1.165) is 19.6 Å². The summed E-state index contributed by atoms with van der Waals surface area (Å²) >= 11 is 5.96. The average molecular weight is 285 g/mol. The van der Waals surface area contributed by atoms with Gasteiger partial charge in [0.15, 0.2) is 0 Å². The number of carbonyl (C=O) groups is 1. The Balaban J connectivity index is 2.45. The van der Waals surface area contributed by atoms with Gasteiger partial charge in [-0.3, -0.25) is 5.32 Å². The monoisotopic (exact) mass is 284 g/mol. The van der Waals surface area contributed by atoms with E-state index >= 15 is 0 Å². The van der Waals surface area contributed by atoms with Crippen LogP contribution in [0.5, 0.6) is 0 Å². The van der Waals surface area contributed by atoms with Gasteiger partial charge in [0.05, 0.1) is 10.7 Å². The van der Waals surface area contributed by atoms with Crippen molar-refractivity contribution in [3.63, 3.8) is 0 Å². The fourth-order valence-corrected chi connectivity index (χ4v) is 1.95. The maximum atomic E-state index is 11.7. The molecule has 0 radical (unpaired) electrons. The minimum atomic E-state index is -0.479. The molecule has 0 aliphatic rings. The lowest BCUT2D eigenvalue weighted by Gasteiger charge is -2.22. The van der Waals surface area contributed by atoms with Crippen LogP contribution in [0.3, 0.4) is 0 Å². The topological polar surface area (TPSA) is 41.6 Å². The zero-order valence-electron chi connectivity index (χ0n) is 11.6. The molecule has 1 aromatic rings. The van der Waals surface area contributed by atoms with Crippen LogP contribution in [0.1, 0.15) is 20.8 Å². The number of hydrogen-bond donors (Lipinski definition) is 1. The van der Waals surface area contributed by atoms with Crippen molar-refractivity contribution in [3.8, 4) is 0 Å². The number of ether oxygens (including phenoxy) is 1. The number of nitrogens with zero attached hydrogens (tertiary/aromatic N) is 1. The molecule has 106 valence electrons. The Hall–Kier alpha value is -1.26. The lowest BCUT2D eigenvalue weighted by Crippen LogP contribution is -2.34. The zero-order chi connectivity index (χ0) is 14.3. The van der Waals surface area contributed by atoms with E-state index < -0.39 is 6.09 Å². The quantitative estimate of drug-likeness (QED) is 0.867. The van der Waals surface area contributed by atoms with Crippen molar-refractivity contribution in [1.82, 2.24) is 4.90 Å². The second-order valence-corrected chi connectivity index (χ2v) is 4.71. The van der Waals surface area contributed by atoms with Crippen LogP contribution in [0.15, 0.2) is 24.3 Å². The van der Waals surface area contributed by atoms with Crippen molar-refractivity contribution in [1.29, 1.82) is 0 Å². The zero-order valence-corrected chi connectivity index (χ0v) is 12.4. The highest BCUT2D eigenvalue weighted by Gasteiger charge is 2.13. The SMILES string of the molecule is CCN(CC)C[C@H](C)OC(=O)Nc1ccccc1Cl. The molecule has 1 atom stereocenters. The number of hydrogen-bond acceptors (Lipinski definition) is 3. The maximum absolute atomic E-state index is 11.7.